The molecule has 0 bridgehead atoms. The van der Waals surface area contributed by atoms with Gasteiger partial charge in [-0.2, -0.15) is 0 Å². The van der Waals surface area contributed by atoms with E-state index in [1.165, 1.54) is 50.4 Å². The molecule has 3 N–H and O–H groups in total. The van der Waals surface area contributed by atoms with Crippen LogP contribution >= 0.6 is 0 Å². The minimum atomic E-state index is -1.17. The number of nitro benzene ring substituents is 1. The Morgan fingerprint density at radius 3 is 2.33 bits per heavy atom. The predicted molar refractivity (Wildman–Crippen MR) is 96.6 cm³/mol. The van der Waals surface area contributed by atoms with E-state index in [0.29, 0.717) is 0 Å². The van der Waals surface area contributed by atoms with Crippen molar-refractivity contribution in [3.63, 3.8) is 0 Å². The summed E-state index contributed by atoms with van der Waals surface area (Å²) in [5.74, 6) is -2.32. The van der Waals surface area contributed by atoms with E-state index in [4.69, 9.17) is 10.5 Å². The van der Waals surface area contributed by atoms with E-state index in [1.54, 1.807) is 0 Å². The molecular formula is C18H17N3O6. The molecule has 2 rings (SSSR count). The number of esters is 1. The summed E-state index contributed by atoms with van der Waals surface area (Å²) in [6.45, 7) is 1.31. The van der Waals surface area contributed by atoms with E-state index in [9.17, 15) is 24.5 Å². The maximum absolute atomic E-state index is 12.8. The number of ether oxygens (including phenoxy) is 1. The van der Waals surface area contributed by atoms with Crippen LogP contribution in [0.5, 0.6) is 0 Å². The Morgan fingerprint density at radius 2 is 1.78 bits per heavy atom. The van der Waals surface area contributed by atoms with Crippen molar-refractivity contribution in [1.82, 2.24) is 0 Å². The van der Waals surface area contributed by atoms with Gasteiger partial charge >= 0.3 is 5.97 Å². The number of carbonyl (C=O) groups is 3. The van der Waals surface area contributed by atoms with Gasteiger partial charge in [0.25, 0.3) is 11.6 Å². The average molecular weight is 371 g/mol. The lowest BCUT2D eigenvalue weighted by Crippen LogP contribution is -2.30. The van der Waals surface area contributed by atoms with Crippen molar-refractivity contribution in [3.8, 4) is 0 Å². The molecule has 9 nitrogen and oxygen atoms in total. The molecule has 0 aliphatic carbocycles. The standard InChI is InChI=1S/C18H17N3O6/c1-10(17(19)23)27-18(24)13-6-4-3-5-12(13)16(22)11-7-8-14(20-2)15(9-11)21(25)26/h3-10,20H,1-2H3,(H2,19,23)/t10-/m1/s1. The average Bonchev–Trinajstić information content (AvgIpc) is 2.66. The van der Waals surface area contributed by atoms with Gasteiger partial charge < -0.3 is 15.8 Å². The molecule has 1 atom stereocenters. The predicted octanol–water partition coefficient (Wildman–Crippen LogP) is 1.90. The number of ketones is 1. The fraction of sp³-hybridized carbons (Fsp3) is 0.167. The van der Waals surface area contributed by atoms with E-state index in [0.717, 1.165) is 6.07 Å². The van der Waals surface area contributed by atoms with Gasteiger partial charge in [-0.15, -0.1) is 0 Å². The van der Waals surface area contributed by atoms with Gasteiger partial charge in [0.2, 0.25) is 0 Å². The van der Waals surface area contributed by atoms with E-state index in [1.807, 2.05) is 0 Å². The highest BCUT2D eigenvalue weighted by Crippen LogP contribution is 2.27. The van der Waals surface area contributed by atoms with Gasteiger partial charge in [0.1, 0.15) is 5.69 Å². The SMILES string of the molecule is CNc1ccc(C(=O)c2ccccc2C(=O)O[C@H](C)C(N)=O)cc1[N+](=O)[O-]. The Balaban J connectivity index is 2.43. The molecule has 0 spiro atoms. The van der Waals surface area contributed by atoms with Crippen LogP contribution in [-0.2, 0) is 9.53 Å². The number of carbonyl (C=O) groups excluding carboxylic acids is 3. The summed E-state index contributed by atoms with van der Waals surface area (Å²) < 4.78 is 4.94. The Kier molecular flexibility index (Phi) is 5.86. The minimum Gasteiger partial charge on any atom is -0.449 e. The van der Waals surface area contributed by atoms with Crippen molar-refractivity contribution in [3.05, 3.63) is 69.3 Å². The molecular weight excluding hydrogens is 354 g/mol. The normalized spacial score (nSPS) is 11.3. The third kappa shape index (κ3) is 4.27. The first-order chi connectivity index (χ1) is 12.8. The monoisotopic (exact) mass is 371 g/mol. The Morgan fingerprint density at radius 1 is 1.15 bits per heavy atom. The van der Waals surface area contributed by atoms with Crippen molar-refractivity contribution in [1.29, 1.82) is 0 Å². The number of nitrogens with one attached hydrogen (secondary N) is 1. The van der Waals surface area contributed by atoms with Crippen LogP contribution in [0, 0.1) is 10.1 Å². The smallest absolute Gasteiger partial charge is 0.339 e. The van der Waals surface area contributed by atoms with E-state index >= 15 is 0 Å². The van der Waals surface area contributed by atoms with Gasteiger partial charge in [0.15, 0.2) is 11.9 Å². The molecule has 0 unspecified atom stereocenters. The number of anilines is 1. The molecule has 27 heavy (non-hydrogen) atoms. The number of primary amides is 1. The number of nitrogens with zero attached hydrogens (tertiary/aromatic N) is 1. The van der Waals surface area contributed by atoms with Crippen LogP contribution in [-0.4, -0.2) is 35.7 Å². The second-order valence-electron chi connectivity index (χ2n) is 5.56. The molecule has 0 aliphatic heterocycles. The zero-order valence-corrected chi connectivity index (χ0v) is 14.6. The Labute approximate surface area is 154 Å². The first-order valence-electron chi connectivity index (χ1n) is 7.86. The van der Waals surface area contributed by atoms with Crippen LogP contribution in [0.4, 0.5) is 11.4 Å². The molecule has 2 aromatic carbocycles. The molecule has 0 heterocycles. The number of hydrogen-bond donors (Lipinski definition) is 2. The molecule has 0 radical (unpaired) electrons. The fourth-order valence-corrected chi connectivity index (χ4v) is 2.33. The van der Waals surface area contributed by atoms with E-state index in [2.05, 4.69) is 5.32 Å². The highest BCUT2D eigenvalue weighted by molar-refractivity contribution is 6.15. The largest absolute Gasteiger partial charge is 0.449 e. The molecule has 0 saturated heterocycles. The first kappa shape index (κ1) is 19.6. The van der Waals surface area contributed by atoms with Crippen molar-refractivity contribution in [2.75, 3.05) is 12.4 Å². The van der Waals surface area contributed by atoms with Crippen molar-refractivity contribution >= 4 is 29.0 Å². The third-order valence-corrected chi connectivity index (χ3v) is 3.80. The molecule has 9 heteroatoms. The van der Waals surface area contributed by atoms with Crippen molar-refractivity contribution < 1.29 is 24.0 Å². The van der Waals surface area contributed by atoms with Crippen LogP contribution in [0.25, 0.3) is 0 Å². The molecule has 1 amide bonds. The van der Waals surface area contributed by atoms with Crippen LogP contribution < -0.4 is 11.1 Å². The maximum Gasteiger partial charge on any atom is 0.339 e. The summed E-state index contributed by atoms with van der Waals surface area (Å²) in [5, 5.41) is 13.9. The molecule has 0 fully saturated rings. The summed E-state index contributed by atoms with van der Waals surface area (Å²) in [6.07, 6.45) is -1.17. The number of benzene rings is 2. The van der Waals surface area contributed by atoms with Crippen molar-refractivity contribution in [2.45, 2.75) is 13.0 Å². The third-order valence-electron chi connectivity index (χ3n) is 3.80. The summed E-state index contributed by atoms with van der Waals surface area (Å²) in [4.78, 5) is 46.8. The topological polar surface area (TPSA) is 142 Å². The van der Waals surface area contributed by atoms with Gasteiger partial charge in [-0.25, -0.2) is 4.79 Å². The molecule has 0 aliphatic rings. The molecule has 0 saturated carbocycles. The number of nitro groups is 1. The van der Waals surface area contributed by atoms with Gasteiger partial charge in [-0.1, -0.05) is 18.2 Å². The molecule has 0 aromatic heterocycles. The zero-order chi connectivity index (χ0) is 20.1. The lowest BCUT2D eigenvalue weighted by atomic mass is 9.97. The number of hydrogen-bond acceptors (Lipinski definition) is 7. The molecule has 2 aromatic rings. The summed E-state index contributed by atoms with van der Waals surface area (Å²) in [6, 6.07) is 9.76. The van der Waals surface area contributed by atoms with Gasteiger partial charge in [0, 0.05) is 24.2 Å². The minimum absolute atomic E-state index is 0.00863. The Hall–Kier alpha value is -3.75. The Bertz CT molecular complexity index is 925. The number of nitrogens with two attached hydrogens (primary N) is 1. The van der Waals surface area contributed by atoms with Crippen molar-refractivity contribution in [2.24, 2.45) is 5.73 Å². The highest BCUT2D eigenvalue weighted by Gasteiger charge is 2.24. The fourth-order valence-electron chi connectivity index (χ4n) is 2.33. The lowest BCUT2D eigenvalue weighted by Gasteiger charge is -2.12. The zero-order valence-electron chi connectivity index (χ0n) is 14.6. The summed E-state index contributed by atoms with van der Waals surface area (Å²) >= 11 is 0. The van der Waals surface area contributed by atoms with Crippen LogP contribution in [0.2, 0.25) is 0 Å². The van der Waals surface area contributed by atoms with Gasteiger partial charge in [-0.05, 0) is 25.1 Å². The number of amides is 1. The molecule has 140 valence electrons. The van der Waals surface area contributed by atoms with E-state index < -0.39 is 28.7 Å². The summed E-state index contributed by atoms with van der Waals surface area (Å²) in [7, 11) is 1.52. The van der Waals surface area contributed by atoms with Crippen LogP contribution in [0.1, 0.15) is 33.2 Å². The highest BCUT2D eigenvalue weighted by atomic mass is 16.6. The van der Waals surface area contributed by atoms with Crippen LogP contribution in [0.15, 0.2) is 42.5 Å². The number of rotatable bonds is 7. The second kappa shape index (κ2) is 8.09. The van der Waals surface area contributed by atoms with Crippen LogP contribution in [0.3, 0.4) is 0 Å². The van der Waals surface area contributed by atoms with Gasteiger partial charge in [-0.3, -0.25) is 19.7 Å². The maximum atomic E-state index is 12.8. The van der Waals surface area contributed by atoms with Gasteiger partial charge in [0.05, 0.1) is 10.5 Å². The van der Waals surface area contributed by atoms with E-state index in [-0.39, 0.29) is 28.1 Å². The second-order valence-corrected chi connectivity index (χ2v) is 5.56. The first-order valence-corrected chi connectivity index (χ1v) is 7.86. The summed E-state index contributed by atoms with van der Waals surface area (Å²) in [5.41, 5.74) is 5.00. The quantitative estimate of drug-likeness (QED) is 0.327. The lowest BCUT2D eigenvalue weighted by molar-refractivity contribution is -0.384.